The minimum atomic E-state index is -0.533. The van der Waals surface area contributed by atoms with Crippen molar-refractivity contribution in [2.24, 2.45) is 0 Å². The summed E-state index contributed by atoms with van der Waals surface area (Å²) in [7, 11) is 3.20. The fraction of sp³-hybridized carbons (Fsp3) is 0.458. The number of carbonyl (C=O) groups is 1. The largest absolute Gasteiger partial charge is 0.354 e. The van der Waals surface area contributed by atoms with Gasteiger partial charge in [0.2, 0.25) is 0 Å². The molecule has 6 heteroatoms. The van der Waals surface area contributed by atoms with Gasteiger partial charge in [0.15, 0.2) is 6.29 Å². The molecule has 0 unspecified atom stereocenters. The predicted molar refractivity (Wildman–Crippen MR) is 118 cm³/mol. The number of hydrogen-bond acceptors (Lipinski definition) is 4. The summed E-state index contributed by atoms with van der Waals surface area (Å²) < 4.78 is 11.0. The number of nitrogens with one attached hydrogen (secondary N) is 1. The van der Waals surface area contributed by atoms with E-state index in [9.17, 15) is 4.79 Å². The SMILES string of the molecule is COC(OC)[C@H](Cc1ccccc1)NC(=O)N(Cc1ccccc1)N1CCCCC1. The zero-order valence-electron chi connectivity index (χ0n) is 18.0. The van der Waals surface area contributed by atoms with E-state index in [1.165, 1.54) is 6.42 Å². The normalized spacial score (nSPS) is 15.7. The topological polar surface area (TPSA) is 54.0 Å². The highest BCUT2D eigenvalue weighted by Gasteiger charge is 2.29. The molecular formula is C24H33N3O3. The molecule has 1 saturated heterocycles. The van der Waals surface area contributed by atoms with Crippen molar-refractivity contribution >= 4 is 6.03 Å². The van der Waals surface area contributed by atoms with Crippen molar-refractivity contribution in [3.63, 3.8) is 0 Å². The molecule has 1 aliphatic heterocycles. The Morgan fingerprint density at radius 2 is 1.50 bits per heavy atom. The van der Waals surface area contributed by atoms with Crippen LogP contribution < -0.4 is 5.32 Å². The zero-order chi connectivity index (χ0) is 21.2. The number of urea groups is 1. The predicted octanol–water partition coefficient (Wildman–Crippen LogP) is 3.83. The average molecular weight is 412 g/mol. The Balaban J connectivity index is 1.77. The van der Waals surface area contributed by atoms with Crippen molar-refractivity contribution in [1.82, 2.24) is 15.3 Å². The van der Waals surface area contributed by atoms with Crippen LogP contribution >= 0.6 is 0 Å². The molecule has 162 valence electrons. The van der Waals surface area contributed by atoms with Gasteiger partial charge in [0, 0.05) is 27.3 Å². The van der Waals surface area contributed by atoms with E-state index in [4.69, 9.17) is 9.47 Å². The number of amides is 2. The van der Waals surface area contributed by atoms with Gasteiger partial charge in [-0.2, -0.15) is 0 Å². The van der Waals surface area contributed by atoms with Gasteiger partial charge in [-0.05, 0) is 30.4 Å². The summed E-state index contributed by atoms with van der Waals surface area (Å²) in [4.78, 5) is 13.4. The Morgan fingerprint density at radius 1 is 0.933 bits per heavy atom. The van der Waals surface area contributed by atoms with Gasteiger partial charge in [-0.25, -0.2) is 9.80 Å². The number of nitrogens with zero attached hydrogens (tertiary/aromatic N) is 2. The van der Waals surface area contributed by atoms with Gasteiger partial charge in [-0.15, -0.1) is 0 Å². The first-order valence-electron chi connectivity index (χ1n) is 10.7. The summed E-state index contributed by atoms with van der Waals surface area (Å²) in [6.45, 7) is 2.32. The van der Waals surface area contributed by atoms with E-state index < -0.39 is 6.29 Å². The molecule has 0 spiro atoms. The van der Waals surface area contributed by atoms with E-state index in [0.717, 1.165) is 37.1 Å². The van der Waals surface area contributed by atoms with Crippen molar-refractivity contribution in [3.05, 3.63) is 71.8 Å². The molecule has 0 radical (unpaired) electrons. The lowest BCUT2D eigenvalue weighted by molar-refractivity contribution is -0.122. The highest BCUT2D eigenvalue weighted by atomic mass is 16.7. The third-order valence-corrected chi connectivity index (χ3v) is 5.48. The van der Waals surface area contributed by atoms with Crippen molar-refractivity contribution in [1.29, 1.82) is 0 Å². The van der Waals surface area contributed by atoms with Crippen LogP contribution in [0.4, 0.5) is 4.79 Å². The molecule has 2 aromatic rings. The van der Waals surface area contributed by atoms with Gasteiger partial charge < -0.3 is 14.8 Å². The van der Waals surface area contributed by atoms with Crippen LogP contribution in [0.25, 0.3) is 0 Å². The van der Waals surface area contributed by atoms with Crippen LogP contribution in [0.3, 0.4) is 0 Å². The Morgan fingerprint density at radius 3 is 2.07 bits per heavy atom. The minimum absolute atomic E-state index is 0.124. The molecule has 3 rings (SSSR count). The van der Waals surface area contributed by atoms with Crippen molar-refractivity contribution in [2.45, 2.75) is 44.6 Å². The first kappa shape index (κ1) is 22.3. The molecule has 30 heavy (non-hydrogen) atoms. The van der Waals surface area contributed by atoms with Crippen LogP contribution in [0, 0.1) is 0 Å². The van der Waals surface area contributed by atoms with Crippen LogP contribution in [0.5, 0.6) is 0 Å². The van der Waals surface area contributed by atoms with E-state index in [-0.39, 0.29) is 12.1 Å². The molecule has 1 heterocycles. The van der Waals surface area contributed by atoms with E-state index in [0.29, 0.717) is 13.0 Å². The van der Waals surface area contributed by atoms with Gasteiger partial charge in [-0.1, -0.05) is 67.1 Å². The molecule has 2 aromatic carbocycles. The summed E-state index contributed by atoms with van der Waals surface area (Å²) in [5.74, 6) is 0. The Kier molecular flexibility index (Phi) is 8.68. The van der Waals surface area contributed by atoms with Crippen LogP contribution in [-0.4, -0.2) is 55.7 Å². The number of ether oxygens (including phenoxy) is 2. The molecule has 0 aromatic heterocycles. The lowest BCUT2D eigenvalue weighted by Gasteiger charge is -2.38. The smallest absolute Gasteiger partial charge is 0.332 e. The van der Waals surface area contributed by atoms with Gasteiger partial charge >= 0.3 is 6.03 Å². The van der Waals surface area contributed by atoms with Crippen LogP contribution in [0.1, 0.15) is 30.4 Å². The van der Waals surface area contributed by atoms with Gasteiger partial charge in [-0.3, -0.25) is 5.01 Å². The number of benzene rings is 2. The standard InChI is InChI=1S/C24H33N3O3/c1-29-23(30-2)22(18-20-12-6-3-7-13-20)25-24(28)27(26-16-10-5-11-17-26)19-21-14-8-4-9-15-21/h3-4,6-9,12-15,22-23H,5,10-11,16-19H2,1-2H3,(H,25,28)/t22-/m0/s1. The lowest BCUT2D eigenvalue weighted by atomic mass is 10.1. The summed E-state index contributed by atoms with van der Waals surface area (Å²) in [6.07, 6.45) is 3.51. The lowest BCUT2D eigenvalue weighted by Crippen LogP contribution is -2.56. The number of hydrogen-bond donors (Lipinski definition) is 1. The third kappa shape index (κ3) is 6.29. The van der Waals surface area contributed by atoms with Crippen molar-refractivity contribution in [2.75, 3.05) is 27.3 Å². The summed E-state index contributed by atoms with van der Waals surface area (Å²) in [5.41, 5.74) is 2.22. The second-order valence-corrected chi connectivity index (χ2v) is 7.64. The van der Waals surface area contributed by atoms with Gasteiger partial charge in [0.05, 0.1) is 12.6 Å². The van der Waals surface area contributed by atoms with E-state index in [1.807, 2.05) is 53.5 Å². The minimum Gasteiger partial charge on any atom is -0.354 e. The first-order chi connectivity index (χ1) is 14.7. The van der Waals surface area contributed by atoms with E-state index in [1.54, 1.807) is 14.2 Å². The zero-order valence-corrected chi connectivity index (χ0v) is 18.0. The fourth-order valence-electron chi connectivity index (χ4n) is 3.92. The quantitative estimate of drug-likeness (QED) is 0.637. The highest BCUT2D eigenvalue weighted by Crippen LogP contribution is 2.16. The molecule has 0 saturated carbocycles. The number of hydrazine groups is 1. The van der Waals surface area contributed by atoms with Gasteiger partial charge in [0.1, 0.15) is 0 Å². The first-order valence-corrected chi connectivity index (χ1v) is 10.7. The van der Waals surface area contributed by atoms with E-state index in [2.05, 4.69) is 22.5 Å². The van der Waals surface area contributed by atoms with Gasteiger partial charge in [0.25, 0.3) is 0 Å². The molecule has 1 atom stereocenters. The van der Waals surface area contributed by atoms with Crippen LogP contribution in [-0.2, 0) is 22.4 Å². The number of carbonyl (C=O) groups excluding carboxylic acids is 1. The van der Waals surface area contributed by atoms with E-state index >= 15 is 0 Å². The number of methoxy groups -OCH3 is 2. The van der Waals surface area contributed by atoms with Crippen molar-refractivity contribution < 1.29 is 14.3 Å². The maximum absolute atomic E-state index is 13.4. The van der Waals surface area contributed by atoms with Crippen LogP contribution in [0.15, 0.2) is 60.7 Å². The Labute approximate surface area is 179 Å². The molecule has 0 aliphatic carbocycles. The highest BCUT2D eigenvalue weighted by molar-refractivity contribution is 5.74. The maximum atomic E-state index is 13.4. The average Bonchev–Trinajstić information content (AvgIpc) is 2.80. The Hall–Kier alpha value is -2.41. The Bertz CT molecular complexity index is 747. The van der Waals surface area contributed by atoms with Crippen molar-refractivity contribution in [3.8, 4) is 0 Å². The monoisotopic (exact) mass is 411 g/mol. The number of piperidine rings is 1. The molecule has 1 fully saturated rings. The maximum Gasteiger partial charge on any atom is 0.332 e. The number of rotatable bonds is 9. The second-order valence-electron chi connectivity index (χ2n) is 7.64. The van der Waals surface area contributed by atoms with Crippen LogP contribution in [0.2, 0.25) is 0 Å². The second kappa shape index (κ2) is 11.7. The fourth-order valence-corrected chi connectivity index (χ4v) is 3.92. The molecule has 2 amide bonds. The molecular weight excluding hydrogens is 378 g/mol. The summed E-state index contributed by atoms with van der Waals surface area (Å²) in [6, 6.07) is 19.8. The molecule has 0 bridgehead atoms. The molecule has 1 aliphatic rings. The third-order valence-electron chi connectivity index (χ3n) is 5.48. The summed E-state index contributed by atoms with van der Waals surface area (Å²) >= 11 is 0. The molecule has 1 N–H and O–H groups in total. The molecule has 6 nitrogen and oxygen atoms in total. The summed E-state index contributed by atoms with van der Waals surface area (Å²) in [5, 5.41) is 7.19.